The summed E-state index contributed by atoms with van der Waals surface area (Å²) in [5.41, 5.74) is 2.63. The minimum Gasteiger partial charge on any atom is -0.343 e. The van der Waals surface area contributed by atoms with Crippen molar-refractivity contribution in [3.05, 3.63) is 29.1 Å². The summed E-state index contributed by atoms with van der Waals surface area (Å²) in [4.78, 5) is 36.5. The minimum absolute atomic E-state index is 0.105. The van der Waals surface area contributed by atoms with Gasteiger partial charge in [-0.3, -0.25) is 14.6 Å². The van der Waals surface area contributed by atoms with Crippen molar-refractivity contribution in [2.75, 3.05) is 46.3 Å². The Morgan fingerprint density at radius 3 is 2.29 bits per heavy atom. The van der Waals surface area contributed by atoms with Crippen molar-refractivity contribution < 1.29 is 9.59 Å². The summed E-state index contributed by atoms with van der Waals surface area (Å²) < 4.78 is 0. The minimum atomic E-state index is 0.105. The van der Waals surface area contributed by atoms with Crippen molar-refractivity contribution in [3.8, 4) is 0 Å². The molecule has 0 atom stereocenters. The van der Waals surface area contributed by atoms with E-state index in [-0.39, 0.29) is 17.7 Å². The maximum absolute atomic E-state index is 13.2. The van der Waals surface area contributed by atoms with Gasteiger partial charge in [-0.15, -0.1) is 0 Å². The third-order valence-corrected chi connectivity index (χ3v) is 5.90. The van der Waals surface area contributed by atoms with Crippen molar-refractivity contribution >= 4 is 11.8 Å². The molecule has 0 aromatic carbocycles. The number of piperazine rings is 1. The van der Waals surface area contributed by atoms with Crippen LogP contribution in [0.25, 0.3) is 0 Å². The molecule has 2 aliphatic rings. The Morgan fingerprint density at radius 2 is 1.68 bits per heavy atom. The lowest BCUT2D eigenvalue weighted by Crippen LogP contribution is -2.47. The third kappa shape index (κ3) is 4.90. The molecule has 2 fully saturated rings. The molecule has 3 rings (SSSR count). The number of rotatable bonds is 4. The average Bonchev–Trinajstić information content (AvgIpc) is 2.67. The second-order valence-corrected chi connectivity index (χ2v) is 8.73. The molecule has 2 amide bonds. The molecule has 0 spiro atoms. The van der Waals surface area contributed by atoms with E-state index in [1.165, 1.54) is 0 Å². The highest BCUT2D eigenvalue weighted by Gasteiger charge is 2.30. The fourth-order valence-electron chi connectivity index (χ4n) is 4.13. The van der Waals surface area contributed by atoms with Crippen molar-refractivity contribution in [1.29, 1.82) is 0 Å². The molecule has 1 aromatic rings. The standard InChI is InChI=1S/C22H34N4O2/c1-16(2)15-20(27)25-9-7-18(8-10-25)21-19(6-5-17(3)23-21)22(28)26-13-11-24(4)12-14-26/h5-6,16,18H,7-15H2,1-4H3. The summed E-state index contributed by atoms with van der Waals surface area (Å²) in [6, 6.07) is 3.89. The van der Waals surface area contributed by atoms with Crippen LogP contribution in [0.4, 0.5) is 0 Å². The van der Waals surface area contributed by atoms with Gasteiger partial charge in [-0.05, 0) is 44.9 Å². The summed E-state index contributed by atoms with van der Waals surface area (Å²) in [6.45, 7) is 11.0. The van der Waals surface area contributed by atoms with Gasteiger partial charge in [0.25, 0.3) is 5.91 Å². The molecular formula is C22H34N4O2. The molecule has 0 unspecified atom stereocenters. The molecule has 2 aliphatic heterocycles. The number of aromatic nitrogens is 1. The van der Waals surface area contributed by atoms with Crippen molar-refractivity contribution in [2.45, 2.75) is 46.0 Å². The van der Waals surface area contributed by atoms with Crippen LogP contribution in [0.3, 0.4) is 0 Å². The van der Waals surface area contributed by atoms with E-state index in [9.17, 15) is 9.59 Å². The summed E-state index contributed by atoms with van der Waals surface area (Å²) in [6.07, 6.45) is 2.37. The molecule has 154 valence electrons. The van der Waals surface area contributed by atoms with Gasteiger partial charge in [0, 0.05) is 57.3 Å². The first-order chi connectivity index (χ1) is 13.3. The summed E-state index contributed by atoms with van der Waals surface area (Å²) in [7, 11) is 2.09. The molecule has 0 saturated carbocycles. The number of aryl methyl sites for hydroxylation is 1. The van der Waals surface area contributed by atoms with E-state index in [0.717, 1.165) is 69.1 Å². The SMILES string of the molecule is Cc1ccc(C(=O)N2CCN(C)CC2)c(C2CCN(C(=O)CC(C)C)CC2)n1. The highest BCUT2D eigenvalue weighted by atomic mass is 16.2. The normalized spacial score (nSPS) is 19.3. The van der Waals surface area contributed by atoms with Crippen LogP contribution in [-0.4, -0.2) is 77.8 Å². The molecule has 0 bridgehead atoms. The van der Waals surface area contributed by atoms with E-state index < -0.39 is 0 Å². The first kappa shape index (κ1) is 20.8. The Hall–Kier alpha value is -1.95. The van der Waals surface area contributed by atoms with E-state index >= 15 is 0 Å². The van der Waals surface area contributed by atoms with Crippen LogP contribution in [0, 0.1) is 12.8 Å². The number of likely N-dealkylation sites (tertiary alicyclic amines) is 1. The lowest BCUT2D eigenvalue weighted by atomic mass is 9.89. The first-order valence-corrected chi connectivity index (χ1v) is 10.6. The topological polar surface area (TPSA) is 56.8 Å². The fraction of sp³-hybridized carbons (Fsp3) is 0.682. The highest BCUT2D eigenvalue weighted by molar-refractivity contribution is 5.95. The van der Waals surface area contributed by atoms with E-state index in [4.69, 9.17) is 4.98 Å². The lowest BCUT2D eigenvalue weighted by molar-refractivity contribution is -0.133. The lowest BCUT2D eigenvalue weighted by Gasteiger charge is -2.35. The maximum atomic E-state index is 13.2. The molecular weight excluding hydrogens is 352 g/mol. The van der Waals surface area contributed by atoms with Crippen LogP contribution >= 0.6 is 0 Å². The molecule has 3 heterocycles. The van der Waals surface area contributed by atoms with Gasteiger partial charge in [-0.1, -0.05) is 13.8 Å². The predicted octanol–water partition coefficient (Wildman–Crippen LogP) is 2.53. The van der Waals surface area contributed by atoms with E-state index in [1.54, 1.807) is 0 Å². The van der Waals surface area contributed by atoms with Gasteiger partial charge in [0.15, 0.2) is 0 Å². The third-order valence-electron chi connectivity index (χ3n) is 5.90. The zero-order valence-corrected chi connectivity index (χ0v) is 17.8. The Bertz CT molecular complexity index is 702. The molecule has 0 N–H and O–H groups in total. The Labute approximate surface area is 168 Å². The largest absolute Gasteiger partial charge is 0.343 e. The quantitative estimate of drug-likeness (QED) is 0.798. The van der Waals surface area contributed by atoms with E-state index in [1.807, 2.05) is 28.9 Å². The molecule has 6 nitrogen and oxygen atoms in total. The van der Waals surface area contributed by atoms with E-state index in [2.05, 4.69) is 25.8 Å². The molecule has 6 heteroatoms. The van der Waals surface area contributed by atoms with Crippen molar-refractivity contribution in [2.24, 2.45) is 5.92 Å². The maximum Gasteiger partial charge on any atom is 0.255 e. The van der Waals surface area contributed by atoms with Crippen molar-refractivity contribution in [3.63, 3.8) is 0 Å². The number of nitrogens with zero attached hydrogens (tertiary/aromatic N) is 4. The number of carbonyl (C=O) groups is 2. The van der Waals surface area contributed by atoms with Crippen LogP contribution in [0.2, 0.25) is 0 Å². The first-order valence-electron chi connectivity index (χ1n) is 10.6. The number of pyridine rings is 1. The van der Waals surface area contributed by atoms with Crippen LogP contribution in [0.15, 0.2) is 12.1 Å². The monoisotopic (exact) mass is 386 g/mol. The molecule has 28 heavy (non-hydrogen) atoms. The van der Waals surface area contributed by atoms with Gasteiger partial charge < -0.3 is 14.7 Å². The summed E-state index contributed by atoms with van der Waals surface area (Å²) >= 11 is 0. The smallest absolute Gasteiger partial charge is 0.255 e. The van der Waals surface area contributed by atoms with Crippen LogP contribution in [0.1, 0.15) is 60.8 Å². The Morgan fingerprint density at radius 1 is 1.04 bits per heavy atom. The number of amides is 2. The zero-order valence-electron chi connectivity index (χ0n) is 17.8. The number of hydrogen-bond donors (Lipinski definition) is 0. The summed E-state index contributed by atoms with van der Waals surface area (Å²) in [5, 5.41) is 0. The van der Waals surface area contributed by atoms with Gasteiger partial charge in [0.05, 0.1) is 11.3 Å². The summed E-state index contributed by atoms with van der Waals surface area (Å²) in [5.74, 6) is 0.985. The Balaban J connectivity index is 1.71. The Kier molecular flexibility index (Phi) is 6.70. The molecule has 0 aliphatic carbocycles. The van der Waals surface area contributed by atoms with Gasteiger partial charge in [-0.25, -0.2) is 0 Å². The zero-order chi connectivity index (χ0) is 20.3. The second-order valence-electron chi connectivity index (χ2n) is 8.73. The molecule has 0 radical (unpaired) electrons. The number of piperidine rings is 1. The molecule has 1 aromatic heterocycles. The van der Waals surface area contributed by atoms with Gasteiger partial charge in [-0.2, -0.15) is 0 Å². The number of hydrogen-bond acceptors (Lipinski definition) is 4. The van der Waals surface area contributed by atoms with Gasteiger partial charge >= 0.3 is 0 Å². The van der Waals surface area contributed by atoms with E-state index in [0.29, 0.717) is 12.3 Å². The van der Waals surface area contributed by atoms with Gasteiger partial charge in [0.1, 0.15) is 0 Å². The van der Waals surface area contributed by atoms with Crippen LogP contribution in [-0.2, 0) is 4.79 Å². The number of carbonyl (C=O) groups excluding carboxylic acids is 2. The van der Waals surface area contributed by atoms with Crippen molar-refractivity contribution in [1.82, 2.24) is 19.7 Å². The van der Waals surface area contributed by atoms with Gasteiger partial charge in [0.2, 0.25) is 5.91 Å². The average molecular weight is 387 g/mol. The van der Waals surface area contributed by atoms with Crippen LogP contribution < -0.4 is 0 Å². The second kappa shape index (κ2) is 9.03. The number of likely N-dealkylation sites (N-methyl/N-ethyl adjacent to an activating group) is 1. The molecule has 2 saturated heterocycles. The fourth-order valence-corrected chi connectivity index (χ4v) is 4.13. The highest BCUT2D eigenvalue weighted by Crippen LogP contribution is 2.30. The van der Waals surface area contributed by atoms with Crippen LogP contribution in [0.5, 0.6) is 0 Å². The predicted molar refractivity (Wildman–Crippen MR) is 110 cm³/mol.